The van der Waals surface area contributed by atoms with Gasteiger partial charge in [-0.2, -0.15) is 0 Å². The van der Waals surface area contributed by atoms with Crippen molar-refractivity contribution in [3.8, 4) is 5.75 Å². The zero-order valence-corrected chi connectivity index (χ0v) is 12.4. The number of methoxy groups -OCH3 is 1. The second kappa shape index (κ2) is 6.43. The van der Waals surface area contributed by atoms with Crippen molar-refractivity contribution in [2.75, 3.05) is 38.7 Å². The Morgan fingerprint density at radius 1 is 1.57 bits per heavy atom. The van der Waals surface area contributed by atoms with Crippen LogP contribution in [0.1, 0.15) is 0 Å². The lowest BCUT2D eigenvalue weighted by molar-refractivity contribution is -0.137. The summed E-state index contributed by atoms with van der Waals surface area (Å²) in [6.45, 7) is 4.72. The molecule has 1 saturated heterocycles. The molecule has 1 atom stereocenters. The molecule has 0 spiro atoms. The fraction of sp³-hybridized carbons (Fsp3) is 0.375. The minimum atomic E-state index is -0.596. The molecule has 0 aliphatic carbocycles. The molecule has 1 amide bonds. The third kappa shape index (κ3) is 3.24. The van der Waals surface area contributed by atoms with Crippen molar-refractivity contribution in [2.24, 2.45) is 5.92 Å². The summed E-state index contributed by atoms with van der Waals surface area (Å²) in [5.74, 6) is -0.0521. The van der Waals surface area contributed by atoms with Crippen LogP contribution in [0.5, 0.6) is 5.75 Å². The Balaban J connectivity index is 2.11. The molecule has 112 valence electrons. The molecular formula is C16H20N2O3. The molecule has 21 heavy (non-hydrogen) atoms. The van der Waals surface area contributed by atoms with Crippen molar-refractivity contribution in [1.82, 2.24) is 4.90 Å². The summed E-state index contributed by atoms with van der Waals surface area (Å²) in [5.41, 5.74) is 0.893. The molecular weight excluding hydrogens is 268 g/mol. The van der Waals surface area contributed by atoms with Gasteiger partial charge in [0.05, 0.1) is 13.7 Å². The third-order valence-electron chi connectivity index (χ3n) is 3.63. The average molecular weight is 288 g/mol. The number of nitrogens with zero attached hydrogens (tertiary/aromatic N) is 2. The first-order valence-electron chi connectivity index (χ1n) is 6.84. The van der Waals surface area contributed by atoms with Crippen molar-refractivity contribution in [3.05, 3.63) is 36.9 Å². The van der Waals surface area contributed by atoms with E-state index in [1.54, 1.807) is 20.2 Å². The van der Waals surface area contributed by atoms with E-state index in [-0.39, 0.29) is 18.2 Å². The first-order valence-corrected chi connectivity index (χ1v) is 6.84. The highest BCUT2D eigenvalue weighted by Crippen LogP contribution is 2.26. The van der Waals surface area contributed by atoms with Crippen LogP contribution < -0.4 is 9.64 Å². The number of carbonyl (C=O) groups is 2. The summed E-state index contributed by atoms with van der Waals surface area (Å²) in [5, 5.41) is 0. The highest BCUT2D eigenvalue weighted by Gasteiger charge is 2.37. The van der Waals surface area contributed by atoms with E-state index < -0.39 is 5.92 Å². The zero-order chi connectivity index (χ0) is 15.4. The van der Waals surface area contributed by atoms with Crippen molar-refractivity contribution < 1.29 is 14.3 Å². The number of likely N-dealkylation sites (N-methyl/N-ethyl adjacent to an activating group) is 1. The van der Waals surface area contributed by atoms with Crippen LogP contribution in [0.3, 0.4) is 0 Å². The molecule has 1 unspecified atom stereocenters. The predicted molar refractivity (Wildman–Crippen MR) is 81.5 cm³/mol. The molecule has 1 aliphatic heterocycles. The van der Waals surface area contributed by atoms with Gasteiger partial charge in [-0.15, -0.1) is 6.58 Å². The van der Waals surface area contributed by atoms with Gasteiger partial charge >= 0.3 is 0 Å². The Morgan fingerprint density at radius 3 is 3.00 bits per heavy atom. The topological polar surface area (TPSA) is 49.9 Å². The maximum absolute atomic E-state index is 12.3. The Kier molecular flexibility index (Phi) is 4.62. The van der Waals surface area contributed by atoms with E-state index >= 15 is 0 Å². The molecule has 5 nitrogen and oxygen atoms in total. The van der Waals surface area contributed by atoms with Crippen LogP contribution in [0.2, 0.25) is 0 Å². The Morgan fingerprint density at radius 2 is 2.33 bits per heavy atom. The van der Waals surface area contributed by atoms with Crippen molar-refractivity contribution >= 4 is 17.4 Å². The summed E-state index contributed by atoms with van der Waals surface area (Å²) < 4.78 is 5.19. The van der Waals surface area contributed by atoms with Crippen LogP contribution in [0.25, 0.3) is 0 Å². The minimum absolute atomic E-state index is 0.0428. The summed E-state index contributed by atoms with van der Waals surface area (Å²) >= 11 is 0. The number of rotatable bonds is 5. The lowest BCUT2D eigenvalue weighted by atomic mass is 10.1. The van der Waals surface area contributed by atoms with Gasteiger partial charge in [-0.05, 0) is 12.1 Å². The normalized spacial score (nSPS) is 17.7. The summed E-state index contributed by atoms with van der Waals surface area (Å²) in [4.78, 5) is 27.8. The van der Waals surface area contributed by atoms with Gasteiger partial charge in [-0.1, -0.05) is 12.1 Å². The largest absolute Gasteiger partial charge is 0.497 e. The van der Waals surface area contributed by atoms with Gasteiger partial charge in [0.25, 0.3) is 0 Å². The first-order chi connectivity index (χ1) is 10.1. The number of anilines is 1. The Hall–Kier alpha value is -2.30. The molecule has 1 aliphatic rings. The number of carbonyl (C=O) groups excluding carboxylic acids is 2. The summed E-state index contributed by atoms with van der Waals surface area (Å²) in [6, 6.07) is 7.50. The highest BCUT2D eigenvalue weighted by atomic mass is 16.5. The summed E-state index contributed by atoms with van der Waals surface area (Å²) in [6.07, 6.45) is 1.65. The van der Waals surface area contributed by atoms with Crippen LogP contribution in [-0.2, 0) is 9.59 Å². The van der Waals surface area contributed by atoms with Gasteiger partial charge in [0.1, 0.15) is 11.7 Å². The lowest BCUT2D eigenvalue weighted by Crippen LogP contribution is -2.37. The number of ketones is 1. The SMILES string of the molecule is C=CCN(C)C(=O)C1CN(c2cccc(OC)c2)CC1=O. The van der Waals surface area contributed by atoms with E-state index in [1.807, 2.05) is 29.2 Å². The maximum atomic E-state index is 12.3. The van der Waals surface area contributed by atoms with E-state index in [4.69, 9.17) is 4.74 Å². The van der Waals surface area contributed by atoms with E-state index in [0.717, 1.165) is 11.4 Å². The van der Waals surface area contributed by atoms with Crippen molar-refractivity contribution in [2.45, 2.75) is 0 Å². The number of amides is 1. The Labute approximate surface area is 124 Å². The van der Waals surface area contributed by atoms with Crippen LogP contribution in [0, 0.1) is 5.92 Å². The third-order valence-corrected chi connectivity index (χ3v) is 3.63. The Bertz CT molecular complexity index is 556. The van der Waals surface area contributed by atoms with Crippen LogP contribution in [-0.4, -0.2) is 50.4 Å². The summed E-state index contributed by atoms with van der Waals surface area (Å²) in [7, 11) is 3.29. The molecule has 0 N–H and O–H groups in total. The average Bonchev–Trinajstić information content (AvgIpc) is 2.88. The van der Waals surface area contributed by atoms with Gasteiger partial charge in [-0.25, -0.2) is 0 Å². The van der Waals surface area contributed by atoms with Crippen molar-refractivity contribution in [1.29, 1.82) is 0 Å². The molecule has 0 bridgehead atoms. The first kappa shape index (κ1) is 15.1. The van der Waals surface area contributed by atoms with Gasteiger partial charge in [0, 0.05) is 31.9 Å². The molecule has 0 radical (unpaired) electrons. The van der Waals surface area contributed by atoms with Gasteiger partial charge < -0.3 is 14.5 Å². The lowest BCUT2D eigenvalue weighted by Gasteiger charge is -2.20. The quantitative estimate of drug-likeness (QED) is 0.606. The molecule has 1 heterocycles. The second-order valence-electron chi connectivity index (χ2n) is 5.11. The standard InChI is InChI=1S/C16H20N2O3/c1-4-8-17(2)16(20)14-10-18(11-15(14)19)12-6-5-7-13(9-12)21-3/h4-7,9,14H,1,8,10-11H2,2-3H3. The van der Waals surface area contributed by atoms with E-state index in [0.29, 0.717) is 13.1 Å². The number of hydrogen-bond acceptors (Lipinski definition) is 4. The van der Waals surface area contributed by atoms with Gasteiger partial charge in [0.2, 0.25) is 5.91 Å². The number of ether oxygens (including phenoxy) is 1. The van der Waals surface area contributed by atoms with Gasteiger partial charge in [0.15, 0.2) is 5.78 Å². The molecule has 1 aromatic carbocycles. The van der Waals surface area contributed by atoms with Gasteiger partial charge in [-0.3, -0.25) is 9.59 Å². The second-order valence-corrected chi connectivity index (χ2v) is 5.11. The van der Waals surface area contributed by atoms with Crippen LogP contribution in [0.4, 0.5) is 5.69 Å². The van der Waals surface area contributed by atoms with Crippen molar-refractivity contribution in [3.63, 3.8) is 0 Å². The minimum Gasteiger partial charge on any atom is -0.497 e. The number of benzene rings is 1. The molecule has 0 saturated carbocycles. The zero-order valence-electron chi connectivity index (χ0n) is 12.4. The maximum Gasteiger partial charge on any atom is 0.235 e. The van der Waals surface area contributed by atoms with Crippen LogP contribution in [0.15, 0.2) is 36.9 Å². The molecule has 0 aromatic heterocycles. The highest BCUT2D eigenvalue weighted by molar-refractivity contribution is 6.06. The van der Waals surface area contributed by atoms with E-state index in [9.17, 15) is 9.59 Å². The fourth-order valence-electron chi connectivity index (χ4n) is 2.45. The van der Waals surface area contributed by atoms with E-state index in [2.05, 4.69) is 6.58 Å². The molecule has 5 heteroatoms. The predicted octanol–water partition coefficient (Wildman–Crippen LogP) is 1.34. The molecule has 2 rings (SSSR count). The molecule has 1 aromatic rings. The van der Waals surface area contributed by atoms with Crippen LogP contribution >= 0.6 is 0 Å². The number of hydrogen-bond donors (Lipinski definition) is 0. The fourth-order valence-corrected chi connectivity index (χ4v) is 2.45. The monoisotopic (exact) mass is 288 g/mol. The molecule has 1 fully saturated rings. The smallest absolute Gasteiger partial charge is 0.235 e. The van der Waals surface area contributed by atoms with E-state index in [1.165, 1.54) is 4.90 Å². The number of Topliss-reactive ketones (excluding diaryl/α,β-unsaturated/α-hetero) is 1.